The zero-order valence-corrected chi connectivity index (χ0v) is 19.7. The van der Waals surface area contributed by atoms with E-state index < -0.39 is 0 Å². The maximum Gasteiger partial charge on any atom is 0.245 e. The summed E-state index contributed by atoms with van der Waals surface area (Å²) in [5.74, 6) is 1.91. The molecule has 5 rings (SSSR count). The molecule has 0 spiro atoms. The molecule has 7 heteroatoms. The lowest BCUT2D eigenvalue weighted by atomic mass is 9.89. The lowest BCUT2D eigenvalue weighted by molar-refractivity contribution is 0.109. The minimum absolute atomic E-state index is 0.263. The van der Waals surface area contributed by atoms with E-state index in [1.54, 1.807) is 7.11 Å². The highest BCUT2D eigenvalue weighted by molar-refractivity contribution is 5.72. The van der Waals surface area contributed by atoms with Gasteiger partial charge in [-0.25, -0.2) is 9.50 Å². The van der Waals surface area contributed by atoms with Crippen molar-refractivity contribution in [1.29, 1.82) is 0 Å². The monoisotopic (exact) mass is 457 g/mol. The Balaban J connectivity index is 1.30. The van der Waals surface area contributed by atoms with E-state index in [1.807, 2.05) is 54.0 Å². The normalized spacial score (nSPS) is 16.0. The van der Waals surface area contributed by atoms with E-state index in [9.17, 15) is 5.11 Å². The molecule has 1 fully saturated rings. The summed E-state index contributed by atoms with van der Waals surface area (Å²) in [6.45, 7) is 4.69. The summed E-state index contributed by atoms with van der Waals surface area (Å²) < 4.78 is 7.43. The predicted octanol–water partition coefficient (Wildman–Crippen LogP) is 4.71. The van der Waals surface area contributed by atoms with Crippen LogP contribution >= 0.6 is 0 Å². The summed E-state index contributed by atoms with van der Waals surface area (Å²) in [5, 5.41) is 17.7. The second-order valence-electron chi connectivity index (χ2n) is 9.01. The van der Waals surface area contributed by atoms with Crippen molar-refractivity contribution in [3.63, 3.8) is 0 Å². The third-order valence-electron chi connectivity index (χ3n) is 6.53. The van der Waals surface area contributed by atoms with Crippen molar-refractivity contribution in [2.24, 2.45) is 0 Å². The number of benzene rings is 2. The van der Waals surface area contributed by atoms with Crippen LogP contribution in [-0.4, -0.2) is 57.5 Å². The summed E-state index contributed by atoms with van der Waals surface area (Å²) in [4.78, 5) is 6.85. The molecule has 0 bridgehead atoms. The topological polar surface area (TPSA) is 74.9 Å². The summed E-state index contributed by atoms with van der Waals surface area (Å²) >= 11 is 0. The van der Waals surface area contributed by atoms with E-state index in [4.69, 9.17) is 9.84 Å². The van der Waals surface area contributed by atoms with Gasteiger partial charge in [-0.2, -0.15) is 0 Å². The van der Waals surface area contributed by atoms with Gasteiger partial charge in [0.25, 0.3) is 0 Å². The number of para-hydroxylation sites is 1. The Hall–Kier alpha value is -3.42. The highest BCUT2D eigenvalue weighted by Gasteiger charge is 2.21. The second kappa shape index (κ2) is 9.83. The van der Waals surface area contributed by atoms with Gasteiger partial charge in [-0.05, 0) is 80.7 Å². The minimum Gasteiger partial charge on any atom is -0.496 e. The largest absolute Gasteiger partial charge is 0.496 e. The van der Waals surface area contributed by atoms with Crippen LogP contribution in [0.25, 0.3) is 16.8 Å². The van der Waals surface area contributed by atoms with Gasteiger partial charge in [0.1, 0.15) is 5.75 Å². The molecular formula is C27H31N5O2. The van der Waals surface area contributed by atoms with Crippen molar-refractivity contribution in [2.45, 2.75) is 31.8 Å². The SMILES string of the molecule is COc1ccccc1-c1ccc2cnc(Nc3ccc(C4CCN(C[C@H](C)O)CC4)cc3)nn12. The lowest BCUT2D eigenvalue weighted by Crippen LogP contribution is -2.37. The van der Waals surface area contributed by atoms with Crippen LogP contribution in [0.2, 0.25) is 0 Å². The van der Waals surface area contributed by atoms with Gasteiger partial charge < -0.3 is 20.1 Å². The Kier molecular flexibility index (Phi) is 6.47. The first kappa shape index (κ1) is 22.4. The van der Waals surface area contributed by atoms with E-state index in [-0.39, 0.29) is 6.10 Å². The van der Waals surface area contributed by atoms with Gasteiger partial charge in [0.15, 0.2) is 0 Å². The highest BCUT2D eigenvalue weighted by Crippen LogP contribution is 2.31. The van der Waals surface area contributed by atoms with Crippen LogP contribution in [0.15, 0.2) is 66.9 Å². The summed E-state index contributed by atoms with van der Waals surface area (Å²) in [7, 11) is 1.68. The third kappa shape index (κ3) is 4.76. The number of hydrogen-bond donors (Lipinski definition) is 2. The number of ether oxygens (including phenoxy) is 1. The van der Waals surface area contributed by atoms with Crippen LogP contribution in [-0.2, 0) is 0 Å². The fourth-order valence-corrected chi connectivity index (χ4v) is 4.81. The molecule has 2 N–H and O–H groups in total. The molecule has 7 nitrogen and oxygen atoms in total. The molecule has 176 valence electrons. The van der Waals surface area contributed by atoms with Crippen molar-refractivity contribution >= 4 is 17.2 Å². The quantitative estimate of drug-likeness (QED) is 0.419. The molecule has 0 amide bonds. The van der Waals surface area contributed by atoms with E-state index >= 15 is 0 Å². The van der Waals surface area contributed by atoms with Gasteiger partial charge in [0.2, 0.25) is 5.95 Å². The smallest absolute Gasteiger partial charge is 0.245 e. The number of aliphatic hydroxyl groups is 1. The Morgan fingerprint density at radius 1 is 1.06 bits per heavy atom. The maximum atomic E-state index is 9.62. The molecule has 3 heterocycles. The minimum atomic E-state index is -0.263. The van der Waals surface area contributed by atoms with Gasteiger partial charge in [0, 0.05) is 17.8 Å². The number of piperidine rings is 1. The first-order chi connectivity index (χ1) is 16.6. The lowest BCUT2D eigenvalue weighted by Gasteiger charge is -2.32. The summed E-state index contributed by atoms with van der Waals surface area (Å²) in [5.41, 5.74) is 5.18. The number of rotatable bonds is 7. The zero-order chi connectivity index (χ0) is 23.5. The van der Waals surface area contributed by atoms with Crippen LogP contribution < -0.4 is 10.1 Å². The van der Waals surface area contributed by atoms with Crippen LogP contribution in [0.4, 0.5) is 11.6 Å². The van der Waals surface area contributed by atoms with Crippen molar-refractivity contribution in [3.05, 3.63) is 72.4 Å². The molecule has 1 aliphatic heterocycles. The second-order valence-corrected chi connectivity index (χ2v) is 9.01. The van der Waals surface area contributed by atoms with Crippen LogP contribution in [0.1, 0.15) is 31.2 Å². The average molecular weight is 458 g/mol. The number of fused-ring (bicyclic) bond motifs is 1. The van der Waals surface area contributed by atoms with Crippen LogP contribution in [0, 0.1) is 0 Å². The molecule has 0 unspecified atom stereocenters. The van der Waals surface area contributed by atoms with Crippen molar-refractivity contribution in [3.8, 4) is 17.0 Å². The summed E-state index contributed by atoms with van der Waals surface area (Å²) in [6.07, 6.45) is 3.81. The first-order valence-electron chi connectivity index (χ1n) is 11.9. The molecule has 0 radical (unpaired) electrons. The number of aliphatic hydroxyl groups excluding tert-OH is 1. The standard InChI is InChI=1S/C27H31N5O2/c1-19(33)18-31-15-13-21(14-16-31)20-7-9-22(10-8-20)29-27-28-17-23-11-12-25(32(23)30-27)24-5-3-4-6-26(24)34-2/h3-12,17,19,21,33H,13-16,18H2,1-2H3,(H,29,30)/t19-/m0/s1. The molecule has 0 aliphatic carbocycles. The van der Waals surface area contributed by atoms with E-state index in [1.165, 1.54) is 5.56 Å². The highest BCUT2D eigenvalue weighted by atomic mass is 16.5. The van der Waals surface area contributed by atoms with E-state index in [0.717, 1.165) is 60.7 Å². The molecule has 1 aliphatic rings. The molecule has 4 aromatic rings. The molecule has 2 aromatic carbocycles. The number of nitrogens with one attached hydrogen (secondary N) is 1. The molecule has 1 saturated heterocycles. The fourth-order valence-electron chi connectivity index (χ4n) is 4.81. The number of hydrogen-bond acceptors (Lipinski definition) is 6. The molecular weight excluding hydrogens is 426 g/mol. The fraction of sp³-hybridized carbons (Fsp3) is 0.333. The Bertz CT molecular complexity index is 1240. The number of nitrogens with zero attached hydrogens (tertiary/aromatic N) is 4. The van der Waals surface area contributed by atoms with Crippen LogP contribution in [0.5, 0.6) is 5.75 Å². The predicted molar refractivity (Wildman–Crippen MR) is 135 cm³/mol. The van der Waals surface area contributed by atoms with Gasteiger partial charge in [-0.3, -0.25) is 0 Å². The number of anilines is 2. The molecule has 2 aromatic heterocycles. The maximum absolute atomic E-state index is 9.62. The molecule has 34 heavy (non-hydrogen) atoms. The Morgan fingerprint density at radius 3 is 2.56 bits per heavy atom. The average Bonchev–Trinajstić information content (AvgIpc) is 3.28. The molecule has 1 atom stereocenters. The van der Waals surface area contributed by atoms with Gasteiger partial charge in [-0.15, -0.1) is 5.10 Å². The number of likely N-dealkylation sites (tertiary alicyclic amines) is 1. The zero-order valence-electron chi connectivity index (χ0n) is 19.7. The number of β-amino-alcohol motifs (C(OH)–C–C–N with tert-alkyl or cyclic N) is 1. The van der Waals surface area contributed by atoms with Gasteiger partial charge >= 0.3 is 0 Å². The number of aromatic nitrogens is 3. The Morgan fingerprint density at radius 2 is 1.82 bits per heavy atom. The van der Waals surface area contributed by atoms with Gasteiger partial charge in [0.05, 0.1) is 30.6 Å². The number of methoxy groups -OCH3 is 1. The van der Waals surface area contributed by atoms with Crippen molar-refractivity contribution in [2.75, 3.05) is 32.1 Å². The molecule has 0 saturated carbocycles. The van der Waals surface area contributed by atoms with E-state index in [2.05, 4.69) is 39.5 Å². The Labute approximate surface area is 200 Å². The third-order valence-corrected chi connectivity index (χ3v) is 6.53. The van der Waals surface area contributed by atoms with Crippen LogP contribution in [0.3, 0.4) is 0 Å². The summed E-state index contributed by atoms with van der Waals surface area (Å²) in [6, 6.07) is 20.6. The first-order valence-corrected chi connectivity index (χ1v) is 11.9. The van der Waals surface area contributed by atoms with E-state index in [0.29, 0.717) is 11.9 Å². The van der Waals surface area contributed by atoms with Crippen molar-refractivity contribution < 1.29 is 9.84 Å². The van der Waals surface area contributed by atoms with Crippen molar-refractivity contribution in [1.82, 2.24) is 19.5 Å². The van der Waals surface area contributed by atoms with Gasteiger partial charge in [-0.1, -0.05) is 24.3 Å².